The molecular formula is C30H35N3O7. The van der Waals surface area contributed by atoms with Gasteiger partial charge in [0.2, 0.25) is 17.7 Å². The SMILES string of the molecule is CC(C)[C@H](NC(=O)/C=C/c1ccccc1)C(=O)N1CCC[C@H]1C(=O)N[C@@H](CC(=O)O)C(=O)COc1ccccc1. The highest BCUT2D eigenvalue weighted by molar-refractivity contribution is 5.98. The van der Waals surface area contributed by atoms with Crippen LogP contribution in [0.15, 0.2) is 66.7 Å². The monoisotopic (exact) mass is 549 g/mol. The molecule has 3 amide bonds. The number of Topliss-reactive ketones (excluding diaryl/α,β-unsaturated/α-hetero) is 1. The average molecular weight is 550 g/mol. The number of ether oxygens (including phenoxy) is 1. The third kappa shape index (κ3) is 8.79. The molecule has 3 N–H and O–H groups in total. The predicted octanol–water partition coefficient (Wildman–Crippen LogP) is 2.44. The summed E-state index contributed by atoms with van der Waals surface area (Å²) in [7, 11) is 0. The lowest BCUT2D eigenvalue weighted by Crippen LogP contribution is -2.56. The number of hydrogen-bond donors (Lipinski definition) is 3. The fourth-order valence-corrected chi connectivity index (χ4v) is 4.39. The molecule has 0 bridgehead atoms. The van der Waals surface area contributed by atoms with Crippen molar-refractivity contribution in [3.8, 4) is 5.75 Å². The zero-order valence-corrected chi connectivity index (χ0v) is 22.6. The van der Waals surface area contributed by atoms with Gasteiger partial charge in [0, 0.05) is 12.6 Å². The first kappa shape index (κ1) is 30.1. The van der Waals surface area contributed by atoms with Crippen molar-refractivity contribution in [1.29, 1.82) is 0 Å². The Labute approximate surface area is 233 Å². The molecule has 10 heteroatoms. The van der Waals surface area contributed by atoms with Crippen molar-refractivity contribution in [3.63, 3.8) is 0 Å². The van der Waals surface area contributed by atoms with Gasteiger partial charge < -0.3 is 25.4 Å². The second-order valence-electron chi connectivity index (χ2n) is 9.89. The number of carbonyl (C=O) groups is 5. The van der Waals surface area contributed by atoms with Crippen molar-refractivity contribution in [1.82, 2.24) is 15.5 Å². The number of carboxylic acids is 1. The molecule has 0 saturated carbocycles. The molecule has 212 valence electrons. The van der Waals surface area contributed by atoms with Crippen molar-refractivity contribution in [2.24, 2.45) is 5.92 Å². The first-order valence-electron chi connectivity index (χ1n) is 13.2. The van der Waals surface area contributed by atoms with Crippen molar-refractivity contribution < 1.29 is 33.8 Å². The van der Waals surface area contributed by atoms with E-state index in [2.05, 4.69) is 10.6 Å². The van der Waals surface area contributed by atoms with Crippen LogP contribution in [0.25, 0.3) is 6.08 Å². The summed E-state index contributed by atoms with van der Waals surface area (Å²) in [5, 5.41) is 14.6. The number of ketones is 1. The van der Waals surface area contributed by atoms with E-state index in [4.69, 9.17) is 4.74 Å². The Morgan fingerprint density at radius 3 is 2.27 bits per heavy atom. The molecule has 1 fully saturated rings. The van der Waals surface area contributed by atoms with E-state index in [0.29, 0.717) is 25.1 Å². The van der Waals surface area contributed by atoms with Crippen LogP contribution in [0.5, 0.6) is 5.75 Å². The van der Waals surface area contributed by atoms with Crippen molar-refractivity contribution in [2.75, 3.05) is 13.2 Å². The maximum Gasteiger partial charge on any atom is 0.305 e. The summed E-state index contributed by atoms with van der Waals surface area (Å²) < 4.78 is 5.44. The quantitative estimate of drug-likeness (QED) is 0.326. The third-order valence-corrected chi connectivity index (χ3v) is 6.50. The molecule has 2 aromatic carbocycles. The largest absolute Gasteiger partial charge is 0.486 e. The van der Waals surface area contributed by atoms with Crippen molar-refractivity contribution >= 4 is 35.6 Å². The van der Waals surface area contributed by atoms with Gasteiger partial charge in [-0.3, -0.25) is 24.0 Å². The Kier molecular flexibility index (Phi) is 11.0. The van der Waals surface area contributed by atoms with E-state index < -0.39 is 60.6 Å². The van der Waals surface area contributed by atoms with E-state index in [1.165, 1.54) is 11.0 Å². The number of para-hydroxylation sites is 1. The van der Waals surface area contributed by atoms with Crippen molar-refractivity contribution in [3.05, 3.63) is 72.3 Å². The van der Waals surface area contributed by atoms with Gasteiger partial charge in [-0.1, -0.05) is 62.4 Å². The molecule has 3 rings (SSSR count). The minimum Gasteiger partial charge on any atom is -0.486 e. The highest BCUT2D eigenvalue weighted by Gasteiger charge is 2.39. The predicted molar refractivity (Wildman–Crippen MR) is 148 cm³/mol. The number of likely N-dealkylation sites (tertiary alicyclic amines) is 1. The van der Waals surface area contributed by atoms with Crippen molar-refractivity contribution in [2.45, 2.75) is 51.2 Å². The summed E-state index contributed by atoms with van der Waals surface area (Å²) in [6.07, 6.45) is 3.27. The minimum atomic E-state index is -1.32. The van der Waals surface area contributed by atoms with Gasteiger partial charge in [0.1, 0.15) is 30.5 Å². The summed E-state index contributed by atoms with van der Waals surface area (Å²) in [5.74, 6) is -3.17. The van der Waals surface area contributed by atoms with Crippen LogP contribution in [-0.4, -0.2) is 70.8 Å². The molecule has 1 aliphatic heterocycles. The molecule has 0 aromatic heterocycles. The molecule has 0 radical (unpaired) electrons. The van der Waals surface area contributed by atoms with E-state index in [0.717, 1.165) is 5.56 Å². The molecule has 1 aliphatic rings. The molecule has 0 aliphatic carbocycles. The Morgan fingerprint density at radius 1 is 1.00 bits per heavy atom. The molecule has 1 saturated heterocycles. The third-order valence-electron chi connectivity index (χ3n) is 6.50. The number of benzene rings is 2. The maximum absolute atomic E-state index is 13.5. The number of hydrogen-bond acceptors (Lipinski definition) is 6. The van der Waals surface area contributed by atoms with Gasteiger partial charge in [0.15, 0.2) is 5.78 Å². The van der Waals surface area contributed by atoms with E-state index in [1.807, 2.05) is 30.3 Å². The van der Waals surface area contributed by atoms with E-state index in [9.17, 15) is 29.1 Å². The van der Waals surface area contributed by atoms with Crippen LogP contribution in [0.3, 0.4) is 0 Å². The topological polar surface area (TPSA) is 142 Å². The second kappa shape index (κ2) is 14.6. The smallest absolute Gasteiger partial charge is 0.305 e. The van der Waals surface area contributed by atoms with E-state index >= 15 is 0 Å². The summed E-state index contributed by atoms with van der Waals surface area (Å²) in [4.78, 5) is 64.9. The van der Waals surface area contributed by atoms with Crippen LogP contribution in [0.1, 0.15) is 38.7 Å². The van der Waals surface area contributed by atoms with Gasteiger partial charge in [0.25, 0.3) is 0 Å². The first-order valence-corrected chi connectivity index (χ1v) is 13.2. The molecule has 0 unspecified atom stereocenters. The molecule has 2 aromatic rings. The fraction of sp³-hybridized carbons (Fsp3) is 0.367. The number of amides is 3. The zero-order chi connectivity index (χ0) is 29.1. The normalized spacial score (nSPS) is 16.4. The molecule has 0 spiro atoms. The van der Waals surface area contributed by atoms with Crippen LogP contribution < -0.4 is 15.4 Å². The fourth-order valence-electron chi connectivity index (χ4n) is 4.39. The Bertz CT molecular complexity index is 1210. The molecule has 10 nitrogen and oxygen atoms in total. The Balaban J connectivity index is 1.65. The zero-order valence-electron chi connectivity index (χ0n) is 22.6. The number of aliphatic carboxylic acids is 1. The molecule has 40 heavy (non-hydrogen) atoms. The molecule has 1 heterocycles. The number of carbonyl (C=O) groups excluding carboxylic acids is 4. The van der Waals surface area contributed by atoms with Crippen LogP contribution in [-0.2, 0) is 24.0 Å². The van der Waals surface area contributed by atoms with Crippen LogP contribution in [0.2, 0.25) is 0 Å². The molecule has 3 atom stereocenters. The lowest BCUT2D eigenvalue weighted by molar-refractivity contribution is -0.144. The second-order valence-corrected chi connectivity index (χ2v) is 9.89. The lowest BCUT2D eigenvalue weighted by atomic mass is 10.0. The number of carboxylic acid groups (broad SMARTS) is 1. The summed E-state index contributed by atoms with van der Waals surface area (Å²) in [5.41, 5.74) is 0.834. The Hall–Kier alpha value is -4.47. The lowest BCUT2D eigenvalue weighted by Gasteiger charge is -2.31. The van der Waals surface area contributed by atoms with Gasteiger partial charge in [-0.25, -0.2) is 0 Å². The van der Waals surface area contributed by atoms with Gasteiger partial charge in [-0.2, -0.15) is 0 Å². The number of rotatable bonds is 13. The van der Waals surface area contributed by atoms with E-state index in [-0.39, 0.29) is 5.92 Å². The number of nitrogens with zero attached hydrogens (tertiary/aromatic N) is 1. The maximum atomic E-state index is 13.5. The van der Waals surface area contributed by atoms with Gasteiger partial charge in [-0.15, -0.1) is 0 Å². The summed E-state index contributed by atoms with van der Waals surface area (Å²) >= 11 is 0. The minimum absolute atomic E-state index is 0.262. The van der Waals surface area contributed by atoms with Gasteiger partial charge >= 0.3 is 5.97 Å². The standard InChI is InChI=1S/C30H35N3O7/c1-20(2)28(32-26(35)16-15-21-10-5-3-6-11-21)30(39)33-17-9-14-24(33)29(38)31-23(18-27(36)37)25(34)19-40-22-12-7-4-8-13-22/h3-8,10-13,15-16,20,23-24,28H,9,14,17-19H2,1-2H3,(H,31,38)(H,32,35)(H,36,37)/b16-15+/t23-,24-,28-/m0/s1. The highest BCUT2D eigenvalue weighted by Crippen LogP contribution is 2.21. The summed E-state index contributed by atoms with van der Waals surface area (Å²) in [6, 6.07) is 14.7. The van der Waals surface area contributed by atoms with E-state index in [1.54, 1.807) is 50.3 Å². The highest BCUT2D eigenvalue weighted by atomic mass is 16.5. The van der Waals surface area contributed by atoms with Gasteiger partial charge in [-0.05, 0) is 42.5 Å². The molecular weight excluding hydrogens is 514 g/mol. The van der Waals surface area contributed by atoms with Crippen LogP contribution >= 0.6 is 0 Å². The van der Waals surface area contributed by atoms with Gasteiger partial charge in [0.05, 0.1) is 6.42 Å². The summed E-state index contributed by atoms with van der Waals surface area (Å²) in [6.45, 7) is 3.46. The number of nitrogens with one attached hydrogen (secondary N) is 2. The average Bonchev–Trinajstić information content (AvgIpc) is 3.44. The Morgan fingerprint density at radius 2 is 1.65 bits per heavy atom. The first-order chi connectivity index (χ1) is 19.2. The van der Waals surface area contributed by atoms with Crippen LogP contribution in [0.4, 0.5) is 0 Å². The van der Waals surface area contributed by atoms with Crippen LogP contribution in [0, 0.1) is 5.92 Å².